The molecule has 1 nitrogen and oxygen atoms in total. The molecule has 0 spiro atoms. The molecule has 3 aromatic rings. The Morgan fingerprint density at radius 3 is 2.46 bits per heavy atom. The Balaban J connectivity index is 2.38. The van der Waals surface area contributed by atoms with E-state index in [0.29, 0.717) is 21.7 Å². The van der Waals surface area contributed by atoms with Gasteiger partial charge in [0, 0.05) is 38.0 Å². The van der Waals surface area contributed by atoms with E-state index < -0.39 is 0 Å². The van der Waals surface area contributed by atoms with Gasteiger partial charge in [-0.3, -0.25) is 0 Å². The van der Waals surface area contributed by atoms with Crippen molar-refractivity contribution in [1.82, 2.24) is 0 Å². The summed E-state index contributed by atoms with van der Waals surface area (Å²) in [5.41, 5.74) is 3.57. The van der Waals surface area contributed by atoms with E-state index in [4.69, 9.17) is 39.5 Å². The second-order valence-corrected chi connectivity index (χ2v) is 10.6. The molecule has 0 unspecified atom stereocenters. The smallest absolute Gasteiger partial charge is 0.127 e. The average Bonchev–Trinajstić information content (AvgIpc) is 2.65. The minimum atomic E-state index is 0.412. The summed E-state index contributed by atoms with van der Waals surface area (Å²) < 4.78 is 9.56. The monoisotopic (exact) mass is 767 g/mol. The molecule has 7 heteroatoms. The first-order chi connectivity index (χ1) is 13.3. The second-order valence-electron chi connectivity index (χ2n) is 5.94. The molecule has 0 amide bonds. The van der Waals surface area contributed by atoms with Gasteiger partial charge in [0.15, 0.2) is 0 Å². The van der Waals surface area contributed by atoms with Crippen molar-refractivity contribution in [1.29, 1.82) is 0 Å². The molecule has 0 aliphatic heterocycles. The zero-order valence-corrected chi connectivity index (χ0v) is 23.3. The van der Waals surface area contributed by atoms with Gasteiger partial charge in [-0.25, -0.2) is 0 Å². The molecule has 28 heavy (non-hydrogen) atoms. The minimum absolute atomic E-state index is 0.412. The molecule has 1 radical (unpaired) electrons. The number of benzene rings is 3. The van der Waals surface area contributed by atoms with Gasteiger partial charge in [0.25, 0.3) is 0 Å². The molecule has 0 fully saturated rings. The highest BCUT2D eigenvalue weighted by atomic mass is 127. The molecule has 145 valence electrons. The van der Waals surface area contributed by atoms with Crippen LogP contribution in [0.25, 0.3) is 22.3 Å². The van der Waals surface area contributed by atoms with Crippen molar-refractivity contribution in [3.8, 4) is 28.0 Å². The van der Waals surface area contributed by atoms with Crippen molar-refractivity contribution in [2.45, 2.75) is 13.3 Å². The Morgan fingerprint density at radius 1 is 1.00 bits per heavy atom. The summed E-state index contributed by atoms with van der Waals surface area (Å²) in [7, 11) is 0. The van der Waals surface area contributed by atoms with Crippen molar-refractivity contribution < 1.29 is 4.74 Å². The number of hydrogen-bond acceptors (Lipinski definition) is 1. The summed E-state index contributed by atoms with van der Waals surface area (Å²) >= 11 is 26.2. The molecule has 0 saturated carbocycles. The van der Waals surface area contributed by atoms with Crippen LogP contribution in [-0.4, -0.2) is 6.61 Å². The van der Waals surface area contributed by atoms with Gasteiger partial charge in [-0.2, -0.15) is 0 Å². The van der Waals surface area contributed by atoms with Crippen LogP contribution < -0.4 is 4.74 Å². The van der Waals surface area contributed by atoms with E-state index >= 15 is 0 Å². The van der Waals surface area contributed by atoms with E-state index in [0.717, 1.165) is 41.6 Å². The van der Waals surface area contributed by atoms with Gasteiger partial charge in [0.2, 0.25) is 0 Å². The number of halogens is 6. The van der Waals surface area contributed by atoms with Gasteiger partial charge in [-0.15, -0.1) is 0 Å². The summed E-state index contributed by atoms with van der Waals surface area (Å²) in [6, 6.07) is 14.9. The molecule has 0 atom stereocenters. The number of hydrogen-bond donors (Lipinski definition) is 0. The summed E-state index contributed by atoms with van der Waals surface area (Å²) in [5.74, 6) is 0.790. The quantitative estimate of drug-likeness (QED) is 0.186. The summed E-state index contributed by atoms with van der Waals surface area (Å²) in [6.45, 7) is 2.71. The Labute approximate surface area is 220 Å². The Kier molecular flexibility index (Phi) is 8.46. The molecule has 0 aliphatic rings. The van der Waals surface area contributed by atoms with E-state index in [1.165, 1.54) is 3.57 Å². The molecule has 0 bridgehead atoms. The van der Waals surface area contributed by atoms with E-state index in [9.17, 15) is 0 Å². The van der Waals surface area contributed by atoms with Gasteiger partial charge in [0.1, 0.15) is 5.75 Å². The topological polar surface area (TPSA) is 9.23 Å². The zero-order chi connectivity index (χ0) is 20.4. The molecule has 3 aromatic carbocycles. The first kappa shape index (κ1) is 23.2. The van der Waals surface area contributed by atoms with Crippen LogP contribution in [0.5, 0.6) is 5.75 Å². The van der Waals surface area contributed by atoms with Crippen LogP contribution in [0.3, 0.4) is 0 Å². The van der Waals surface area contributed by atoms with Gasteiger partial charge in [0.05, 0.1) is 16.7 Å². The lowest BCUT2D eigenvalue weighted by atomic mass is 9.93. The van der Waals surface area contributed by atoms with Crippen LogP contribution in [0.1, 0.15) is 13.3 Å². The highest BCUT2D eigenvalue weighted by Crippen LogP contribution is 2.46. The van der Waals surface area contributed by atoms with Gasteiger partial charge in [-0.1, -0.05) is 47.8 Å². The SMILES string of the molecule is CCCOc1cc[c]c(-c2cc(Cl)cc(Cl)c2Cl)c1-c1cc(I)cc(I)c1I. The fourth-order valence-electron chi connectivity index (χ4n) is 2.77. The lowest BCUT2D eigenvalue weighted by Crippen LogP contribution is -2.00. The third-order valence-corrected chi connectivity index (χ3v) is 8.63. The summed E-state index contributed by atoms with van der Waals surface area (Å²) in [6.07, 6.45) is 0.915. The summed E-state index contributed by atoms with van der Waals surface area (Å²) in [5, 5.41) is 1.39. The van der Waals surface area contributed by atoms with Crippen molar-refractivity contribution in [2.24, 2.45) is 0 Å². The highest BCUT2D eigenvalue weighted by molar-refractivity contribution is 14.1. The van der Waals surface area contributed by atoms with Crippen molar-refractivity contribution in [3.05, 3.63) is 68.2 Å². The fourth-order valence-corrected chi connectivity index (χ4v) is 5.89. The standard InChI is InChI=1S/C21H13Cl3I3O/c1-2-6-28-18-5-3-4-13(14-7-11(22)8-16(23)20(14)24)19(18)15-9-12(25)10-17(26)21(15)27/h3,5,7-10H,2,6H2,1H3. The predicted molar refractivity (Wildman–Crippen MR) is 145 cm³/mol. The Hall–Kier alpha value is 0.520. The van der Waals surface area contributed by atoms with Crippen LogP contribution in [0.2, 0.25) is 15.1 Å². The number of rotatable bonds is 5. The molecular formula is C21H13Cl3I3O. The van der Waals surface area contributed by atoms with Gasteiger partial charge >= 0.3 is 0 Å². The molecule has 0 aliphatic carbocycles. The molecular weight excluding hydrogens is 755 g/mol. The lowest BCUT2D eigenvalue weighted by molar-refractivity contribution is 0.319. The van der Waals surface area contributed by atoms with Crippen LogP contribution >= 0.6 is 103 Å². The molecule has 0 saturated heterocycles. The van der Waals surface area contributed by atoms with Crippen LogP contribution in [0, 0.1) is 16.8 Å². The average molecular weight is 768 g/mol. The lowest BCUT2D eigenvalue weighted by Gasteiger charge is -2.19. The van der Waals surface area contributed by atoms with E-state index in [-0.39, 0.29) is 0 Å². The fraction of sp³-hybridized carbons (Fsp3) is 0.143. The van der Waals surface area contributed by atoms with Crippen LogP contribution in [0.15, 0.2) is 36.4 Å². The zero-order valence-electron chi connectivity index (χ0n) is 14.6. The number of ether oxygens (including phenoxy) is 1. The molecule has 0 N–H and O–H groups in total. The maximum Gasteiger partial charge on any atom is 0.127 e. The largest absolute Gasteiger partial charge is 0.493 e. The van der Waals surface area contributed by atoms with Crippen molar-refractivity contribution in [2.75, 3.05) is 6.61 Å². The van der Waals surface area contributed by atoms with Crippen LogP contribution in [0.4, 0.5) is 0 Å². The predicted octanol–water partition coefficient (Wildman–Crippen LogP) is 9.38. The van der Waals surface area contributed by atoms with E-state index in [1.807, 2.05) is 18.2 Å². The van der Waals surface area contributed by atoms with Crippen molar-refractivity contribution in [3.63, 3.8) is 0 Å². The second kappa shape index (κ2) is 10.2. The maximum absolute atomic E-state index is 6.56. The maximum atomic E-state index is 6.56. The van der Waals surface area contributed by atoms with E-state index in [2.05, 4.69) is 92.9 Å². The third kappa shape index (κ3) is 5.04. The third-order valence-electron chi connectivity index (χ3n) is 3.95. The Bertz CT molecular complexity index is 1040. The molecule has 0 aromatic heterocycles. The molecule has 0 heterocycles. The Morgan fingerprint density at radius 2 is 1.75 bits per heavy atom. The normalized spacial score (nSPS) is 11.0. The van der Waals surface area contributed by atoms with Crippen LogP contribution in [-0.2, 0) is 0 Å². The van der Waals surface area contributed by atoms with Gasteiger partial charge < -0.3 is 4.74 Å². The first-order valence-electron chi connectivity index (χ1n) is 8.30. The van der Waals surface area contributed by atoms with E-state index in [1.54, 1.807) is 6.07 Å². The minimum Gasteiger partial charge on any atom is -0.493 e. The van der Waals surface area contributed by atoms with Gasteiger partial charge in [-0.05, 0) is 111 Å². The first-order valence-corrected chi connectivity index (χ1v) is 12.7. The van der Waals surface area contributed by atoms with Crippen molar-refractivity contribution >= 4 is 103 Å². The summed E-state index contributed by atoms with van der Waals surface area (Å²) in [4.78, 5) is 0. The highest BCUT2D eigenvalue weighted by Gasteiger charge is 2.21. The molecule has 3 rings (SSSR count).